The van der Waals surface area contributed by atoms with Gasteiger partial charge in [0.05, 0.1) is 26.4 Å². The minimum Gasteiger partial charge on any atom is -0.462 e. The first-order valence-electron chi connectivity index (χ1n) is 38.6. The molecule has 17 nitrogen and oxygen atoms in total. The molecule has 562 valence electrons. The molecule has 5 atom stereocenters. The lowest BCUT2D eigenvalue weighted by Gasteiger charge is -2.21. The van der Waals surface area contributed by atoms with E-state index < -0.39 is 97.5 Å². The number of hydrogen-bond donors (Lipinski definition) is 3. The molecule has 0 aromatic carbocycles. The van der Waals surface area contributed by atoms with Crippen molar-refractivity contribution in [1.82, 2.24) is 0 Å². The maximum atomic E-state index is 13.1. The van der Waals surface area contributed by atoms with Crippen LogP contribution >= 0.6 is 15.6 Å². The Hall–Kier alpha value is -2.98. The van der Waals surface area contributed by atoms with Gasteiger partial charge in [0.25, 0.3) is 0 Å². The number of phosphoric acid groups is 2. The fourth-order valence-electron chi connectivity index (χ4n) is 10.7. The fourth-order valence-corrected chi connectivity index (χ4v) is 12.3. The van der Waals surface area contributed by atoms with Gasteiger partial charge in [-0.25, -0.2) is 9.13 Å². The monoisotopic (exact) mass is 1400 g/mol. The van der Waals surface area contributed by atoms with Gasteiger partial charge < -0.3 is 33.8 Å². The number of ether oxygens (including phenoxy) is 4. The van der Waals surface area contributed by atoms with Crippen LogP contribution in [0.4, 0.5) is 0 Å². The minimum atomic E-state index is -4.97. The van der Waals surface area contributed by atoms with Crippen molar-refractivity contribution < 1.29 is 80.2 Å². The van der Waals surface area contributed by atoms with Crippen LogP contribution in [-0.4, -0.2) is 96.7 Å². The SMILES string of the molecule is CCCCCC/C=C\C=C/CCCCCCCC(=O)O[C@H](COC(=O)CCCCCCCCCCCCCCCCC(C)C)COP(=O)(O)OC[C@@H](O)COP(=O)(O)OC[C@@H](COC(=O)CCCCCCCCC(C)C)OC(=O)CCCCCCC/C=C\C=C/CCCCCC. The van der Waals surface area contributed by atoms with E-state index in [2.05, 4.69) is 90.2 Å². The number of phosphoric ester groups is 2. The molecule has 3 N–H and O–H groups in total. The molecule has 0 radical (unpaired) electrons. The molecule has 0 amide bonds. The van der Waals surface area contributed by atoms with Crippen LogP contribution in [0.2, 0.25) is 0 Å². The number of rotatable bonds is 72. The maximum absolute atomic E-state index is 13.1. The first-order valence-corrected chi connectivity index (χ1v) is 41.6. The summed E-state index contributed by atoms with van der Waals surface area (Å²) in [4.78, 5) is 72.8. The summed E-state index contributed by atoms with van der Waals surface area (Å²) in [5.74, 6) is -0.708. The van der Waals surface area contributed by atoms with Crippen LogP contribution in [0.1, 0.15) is 350 Å². The quantitative estimate of drug-likeness (QED) is 0.0169. The zero-order valence-corrected chi connectivity index (χ0v) is 63.4. The van der Waals surface area contributed by atoms with Crippen LogP contribution in [0.25, 0.3) is 0 Å². The molecule has 0 aliphatic rings. The predicted molar refractivity (Wildman–Crippen MR) is 390 cm³/mol. The van der Waals surface area contributed by atoms with E-state index in [9.17, 15) is 43.2 Å². The third kappa shape index (κ3) is 69.5. The Morgan fingerprint density at radius 3 is 0.844 bits per heavy atom. The highest BCUT2D eigenvalue weighted by atomic mass is 31.2. The van der Waals surface area contributed by atoms with Gasteiger partial charge in [0.2, 0.25) is 0 Å². The second kappa shape index (κ2) is 67.8. The molecule has 2 unspecified atom stereocenters. The van der Waals surface area contributed by atoms with Gasteiger partial charge in [-0.2, -0.15) is 0 Å². The Balaban J connectivity index is 5.30. The zero-order chi connectivity index (χ0) is 70.7. The molecule has 0 fully saturated rings. The molecule has 0 saturated heterocycles. The Morgan fingerprint density at radius 2 is 0.562 bits per heavy atom. The molecule has 0 saturated carbocycles. The van der Waals surface area contributed by atoms with Gasteiger partial charge in [-0.1, -0.05) is 296 Å². The summed E-state index contributed by atoms with van der Waals surface area (Å²) in [6, 6.07) is 0. The average molecular weight is 1400 g/mol. The summed E-state index contributed by atoms with van der Waals surface area (Å²) in [5, 5.41) is 10.6. The lowest BCUT2D eigenvalue weighted by molar-refractivity contribution is -0.161. The van der Waals surface area contributed by atoms with E-state index in [1.165, 1.54) is 135 Å². The molecule has 0 heterocycles. The van der Waals surface area contributed by atoms with E-state index in [0.717, 1.165) is 128 Å². The van der Waals surface area contributed by atoms with Crippen molar-refractivity contribution in [2.45, 2.75) is 368 Å². The predicted octanol–water partition coefficient (Wildman–Crippen LogP) is 21.8. The Kier molecular flexibility index (Phi) is 65.7. The number of carbonyl (C=O) groups excluding carboxylic acids is 4. The van der Waals surface area contributed by atoms with Crippen molar-refractivity contribution in [2.75, 3.05) is 39.6 Å². The Labute approximate surface area is 585 Å². The number of aliphatic hydroxyl groups is 1. The van der Waals surface area contributed by atoms with E-state index in [1.54, 1.807) is 0 Å². The fraction of sp³-hybridized carbons (Fsp3) is 0.844. The lowest BCUT2D eigenvalue weighted by Crippen LogP contribution is -2.30. The van der Waals surface area contributed by atoms with Gasteiger partial charge in [0.1, 0.15) is 19.3 Å². The molecule has 0 rings (SSSR count). The van der Waals surface area contributed by atoms with Crippen molar-refractivity contribution in [3.05, 3.63) is 48.6 Å². The van der Waals surface area contributed by atoms with Crippen LogP contribution in [0.5, 0.6) is 0 Å². The van der Waals surface area contributed by atoms with Gasteiger partial charge in [-0.3, -0.25) is 37.3 Å². The smallest absolute Gasteiger partial charge is 0.462 e. The number of aliphatic hydroxyl groups excluding tert-OH is 1. The zero-order valence-electron chi connectivity index (χ0n) is 61.6. The third-order valence-corrected chi connectivity index (χ3v) is 18.6. The highest BCUT2D eigenvalue weighted by Crippen LogP contribution is 2.45. The van der Waals surface area contributed by atoms with Gasteiger partial charge in [-0.15, -0.1) is 0 Å². The number of hydrogen-bond acceptors (Lipinski definition) is 15. The topological polar surface area (TPSA) is 237 Å². The van der Waals surface area contributed by atoms with E-state index in [-0.39, 0.29) is 25.7 Å². The summed E-state index contributed by atoms with van der Waals surface area (Å²) in [7, 11) is -9.94. The minimum absolute atomic E-state index is 0.0814. The lowest BCUT2D eigenvalue weighted by atomic mass is 10.0. The first kappa shape index (κ1) is 93.0. The molecule has 0 aliphatic heterocycles. The van der Waals surface area contributed by atoms with Crippen LogP contribution in [0.3, 0.4) is 0 Å². The molecule has 0 spiro atoms. The van der Waals surface area contributed by atoms with E-state index in [0.29, 0.717) is 31.6 Å². The molecule has 0 aromatic heterocycles. The molecular weight excluding hydrogens is 1260 g/mol. The van der Waals surface area contributed by atoms with Crippen molar-refractivity contribution in [3.8, 4) is 0 Å². The third-order valence-electron chi connectivity index (χ3n) is 16.7. The van der Waals surface area contributed by atoms with E-state index in [4.69, 9.17) is 37.0 Å². The summed E-state index contributed by atoms with van der Waals surface area (Å²) in [6.07, 6.45) is 61.4. The molecule has 0 aliphatic carbocycles. The van der Waals surface area contributed by atoms with E-state index >= 15 is 0 Å². The summed E-state index contributed by atoms with van der Waals surface area (Å²) < 4.78 is 68.4. The van der Waals surface area contributed by atoms with Crippen LogP contribution in [0, 0.1) is 11.8 Å². The number of esters is 4. The van der Waals surface area contributed by atoms with Crippen molar-refractivity contribution in [3.63, 3.8) is 0 Å². The molecule has 0 aromatic rings. The second-order valence-electron chi connectivity index (χ2n) is 27.3. The molecule has 0 bridgehead atoms. The summed E-state index contributed by atoms with van der Waals surface area (Å²) in [5.41, 5.74) is 0. The average Bonchev–Trinajstić information content (AvgIpc) is 1.32. The maximum Gasteiger partial charge on any atom is 0.472 e. The van der Waals surface area contributed by atoms with Crippen LogP contribution in [0.15, 0.2) is 48.6 Å². The standard InChI is InChI=1S/C77H142O17P2/c1-7-9-11-13-15-17-19-21-23-29-33-37-41-49-55-61-76(81)93-72(65-87-74(79)59-53-47-40-36-32-28-26-25-27-31-35-39-45-51-57-69(3)4)67-91-95(83,84)89-63-71(78)64-90-96(85,86)92-68-73(66-88-75(80)60-54-48-44-43-46-52-58-70(5)6)94-77(82)62-56-50-42-38-34-30-24-22-20-18-16-14-12-10-8-2/h17-24,69-73,78H,7-16,25-68H2,1-6H3,(H,83,84)(H,85,86)/b19-17-,20-18-,23-21-,24-22-/t71-,72-,73-/m1/s1. The van der Waals surface area contributed by atoms with Gasteiger partial charge in [0.15, 0.2) is 12.2 Å². The van der Waals surface area contributed by atoms with Gasteiger partial charge >= 0.3 is 39.5 Å². The highest BCUT2D eigenvalue weighted by molar-refractivity contribution is 7.47. The van der Waals surface area contributed by atoms with Crippen LogP contribution < -0.4 is 0 Å². The van der Waals surface area contributed by atoms with Crippen LogP contribution in [-0.2, 0) is 65.4 Å². The molecular formula is C77H142O17P2. The van der Waals surface area contributed by atoms with Crippen molar-refractivity contribution >= 4 is 39.5 Å². The van der Waals surface area contributed by atoms with Gasteiger partial charge in [-0.05, 0) is 88.9 Å². The molecule has 96 heavy (non-hydrogen) atoms. The first-order chi connectivity index (χ1) is 46.4. The molecule has 19 heteroatoms. The summed E-state index contributed by atoms with van der Waals surface area (Å²) >= 11 is 0. The number of unbranched alkanes of at least 4 members (excludes halogenated alkanes) is 36. The normalized spacial score (nSPS) is 14.3. The Morgan fingerprint density at radius 1 is 0.323 bits per heavy atom. The Bertz CT molecular complexity index is 2040. The van der Waals surface area contributed by atoms with Crippen molar-refractivity contribution in [1.29, 1.82) is 0 Å². The van der Waals surface area contributed by atoms with Crippen molar-refractivity contribution in [2.24, 2.45) is 11.8 Å². The highest BCUT2D eigenvalue weighted by Gasteiger charge is 2.30. The second-order valence-corrected chi connectivity index (χ2v) is 30.2. The largest absolute Gasteiger partial charge is 0.472 e. The number of allylic oxidation sites excluding steroid dienone is 8. The summed E-state index contributed by atoms with van der Waals surface area (Å²) in [6.45, 7) is 9.40. The van der Waals surface area contributed by atoms with Gasteiger partial charge in [0, 0.05) is 25.7 Å². The number of carbonyl (C=O) groups is 4. The van der Waals surface area contributed by atoms with E-state index in [1.807, 2.05) is 0 Å².